The van der Waals surface area contributed by atoms with Crippen LogP contribution >= 0.6 is 11.8 Å². The Morgan fingerprint density at radius 1 is 0.957 bits per heavy atom. The third kappa shape index (κ3) is 4.17. The second kappa shape index (κ2) is 7.06. The van der Waals surface area contributed by atoms with Crippen molar-refractivity contribution >= 4 is 28.5 Å². The molecule has 0 N–H and O–H groups in total. The molecule has 0 aliphatic heterocycles. The van der Waals surface area contributed by atoms with Crippen molar-refractivity contribution in [1.29, 1.82) is 0 Å². The Morgan fingerprint density at radius 2 is 1.43 bits per heavy atom. The van der Waals surface area contributed by atoms with E-state index >= 15 is 0 Å². The standard InChI is InChI=1S/C16H14N2O4S/c1-17(2)16(20)23-14-9-5-12(6-10-14)15(19)11-3-7-13(8-4-11)18(21)22/h3-10H,1-2H3. The molecule has 0 unspecified atom stereocenters. The first-order valence-corrected chi connectivity index (χ1v) is 7.48. The number of ketones is 1. The largest absolute Gasteiger partial charge is 0.339 e. The van der Waals surface area contributed by atoms with Gasteiger partial charge in [0.05, 0.1) is 4.92 Å². The van der Waals surface area contributed by atoms with Gasteiger partial charge in [-0.1, -0.05) is 0 Å². The summed E-state index contributed by atoms with van der Waals surface area (Å²) in [6.07, 6.45) is 0. The monoisotopic (exact) mass is 330 g/mol. The molecule has 0 saturated carbocycles. The number of amides is 1. The van der Waals surface area contributed by atoms with Crippen LogP contribution in [0.25, 0.3) is 0 Å². The molecule has 0 bridgehead atoms. The minimum absolute atomic E-state index is 0.0597. The lowest BCUT2D eigenvalue weighted by Gasteiger charge is -2.09. The predicted octanol–water partition coefficient (Wildman–Crippen LogP) is 3.60. The highest BCUT2D eigenvalue weighted by molar-refractivity contribution is 8.13. The zero-order chi connectivity index (χ0) is 17.0. The predicted molar refractivity (Wildman–Crippen MR) is 87.9 cm³/mol. The van der Waals surface area contributed by atoms with Crippen molar-refractivity contribution in [1.82, 2.24) is 4.90 Å². The summed E-state index contributed by atoms with van der Waals surface area (Å²) in [6, 6.07) is 12.1. The Kier molecular flexibility index (Phi) is 5.13. The number of hydrogen-bond acceptors (Lipinski definition) is 5. The number of nitrogens with zero attached hydrogens (tertiary/aromatic N) is 2. The lowest BCUT2D eigenvalue weighted by atomic mass is 10.0. The molecule has 7 heteroatoms. The molecule has 0 saturated heterocycles. The van der Waals surface area contributed by atoms with E-state index in [1.807, 2.05) is 0 Å². The molecule has 0 fully saturated rings. The van der Waals surface area contributed by atoms with Gasteiger partial charge in [-0.3, -0.25) is 19.7 Å². The van der Waals surface area contributed by atoms with Crippen LogP contribution in [0.4, 0.5) is 10.5 Å². The Morgan fingerprint density at radius 3 is 1.87 bits per heavy atom. The van der Waals surface area contributed by atoms with Crippen LogP contribution in [0.2, 0.25) is 0 Å². The van der Waals surface area contributed by atoms with Crippen molar-refractivity contribution in [3.8, 4) is 0 Å². The van der Waals surface area contributed by atoms with Crippen molar-refractivity contribution in [2.75, 3.05) is 14.1 Å². The SMILES string of the molecule is CN(C)C(=O)Sc1ccc(C(=O)c2ccc([N+](=O)[O-])cc2)cc1. The highest BCUT2D eigenvalue weighted by Crippen LogP contribution is 2.22. The summed E-state index contributed by atoms with van der Waals surface area (Å²) in [5, 5.41) is 10.5. The number of non-ortho nitro benzene ring substituents is 1. The normalized spacial score (nSPS) is 10.2. The topological polar surface area (TPSA) is 80.5 Å². The van der Waals surface area contributed by atoms with Crippen LogP contribution in [0.1, 0.15) is 15.9 Å². The summed E-state index contributed by atoms with van der Waals surface area (Å²) < 4.78 is 0. The average Bonchev–Trinajstić information content (AvgIpc) is 2.55. The number of benzene rings is 2. The van der Waals surface area contributed by atoms with Crippen molar-refractivity contribution in [3.63, 3.8) is 0 Å². The van der Waals surface area contributed by atoms with Gasteiger partial charge in [0, 0.05) is 42.3 Å². The second-order valence-electron chi connectivity index (χ2n) is 4.92. The van der Waals surface area contributed by atoms with E-state index < -0.39 is 4.92 Å². The fraction of sp³-hybridized carbons (Fsp3) is 0.125. The number of rotatable bonds is 4. The zero-order valence-electron chi connectivity index (χ0n) is 12.6. The van der Waals surface area contributed by atoms with Crippen LogP contribution in [-0.2, 0) is 0 Å². The van der Waals surface area contributed by atoms with E-state index in [2.05, 4.69) is 0 Å². The van der Waals surface area contributed by atoms with Gasteiger partial charge in [0.2, 0.25) is 0 Å². The highest BCUT2D eigenvalue weighted by atomic mass is 32.2. The van der Waals surface area contributed by atoms with Gasteiger partial charge in [-0.25, -0.2) is 0 Å². The molecule has 2 aromatic rings. The van der Waals surface area contributed by atoms with Gasteiger partial charge >= 0.3 is 0 Å². The quantitative estimate of drug-likeness (QED) is 0.370. The molecule has 118 valence electrons. The highest BCUT2D eigenvalue weighted by Gasteiger charge is 2.12. The first kappa shape index (κ1) is 16.7. The molecule has 2 aromatic carbocycles. The number of hydrogen-bond donors (Lipinski definition) is 0. The van der Waals surface area contributed by atoms with E-state index in [1.54, 1.807) is 38.4 Å². The van der Waals surface area contributed by atoms with Crippen LogP contribution in [0, 0.1) is 10.1 Å². The Balaban J connectivity index is 2.13. The molecule has 0 aliphatic carbocycles. The van der Waals surface area contributed by atoms with E-state index in [4.69, 9.17) is 0 Å². The van der Waals surface area contributed by atoms with Crippen molar-refractivity contribution in [3.05, 3.63) is 69.8 Å². The summed E-state index contributed by atoms with van der Waals surface area (Å²) in [4.78, 5) is 36.2. The van der Waals surface area contributed by atoms with Gasteiger partial charge in [0.1, 0.15) is 0 Å². The van der Waals surface area contributed by atoms with E-state index in [-0.39, 0.29) is 16.7 Å². The van der Waals surface area contributed by atoms with E-state index in [0.717, 1.165) is 16.7 Å². The smallest absolute Gasteiger partial charge is 0.285 e. The number of carbonyl (C=O) groups excluding carboxylic acids is 2. The molecule has 0 atom stereocenters. The molecule has 23 heavy (non-hydrogen) atoms. The first-order chi connectivity index (χ1) is 10.9. The van der Waals surface area contributed by atoms with Crippen molar-refractivity contribution in [2.45, 2.75) is 4.90 Å². The second-order valence-corrected chi connectivity index (χ2v) is 5.94. The molecule has 0 spiro atoms. The van der Waals surface area contributed by atoms with Gasteiger partial charge in [-0.15, -0.1) is 0 Å². The Bertz CT molecular complexity index is 740. The molecule has 0 aliphatic rings. The fourth-order valence-electron chi connectivity index (χ4n) is 1.77. The molecule has 0 heterocycles. The maximum absolute atomic E-state index is 12.3. The number of nitro benzene ring substituents is 1. The molecule has 2 rings (SSSR count). The minimum atomic E-state index is -0.512. The van der Waals surface area contributed by atoms with Gasteiger partial charge in [0.15, 0.2) is 5.78 Å². The van der Waals surface area contributed by atoms with E-state index in [0.29, 0.717) is 11.1 Å². The number of thioether (sulfide) groups is 1. The summed E-state index contributed by atoms with van der Waals surface area (Å²) in [5.74, 6) is -0.226. The van der Waals surface area contributed by atoms with Crippen LogP contribution in [-0.4, -0.2) is 34.9 Å². The molecule has 0 radical (unpaired) electrons. The van der Waals surface area contributed by atoms with Crippen molar-refractivity contribution < 1.29 is 14.5 Å². The van der Waals surface area contributed by atoms with Gasteiger partial charge in [0.25, 0.3) is 10.9 Å². The summed E-state index contributed by atoms with van der Waals surface area (Å²) in [7, 11) is 3.34. The van der Waals surface area contributed by atoms with E-state index in [1.165, 1.54) is 29.2 Å². The Hall–Kier alpha value is -2.67. The van der Waals surface area contributed by atoms with E-state index in [9.17, 15) is 19.7 Å². The Labute approximate surface area is 137 Å². The van der Waals surface area contributed by atoms with Crippen LogP contribution < -0.4 is 0 Å². The number of carbonyl (C=O) groups is 2. The summed E-state index contributed by atoms with van der Waals surface area (Å²) >= 11 is 1.07. The van der Waals surface area contributed by atoms with Gasteiger partial charge < -0.3 is 4.90 Å². The van der Waals surface area contributed by atoms with Crippen LogP contribution in [0.5, 0.6) is 0 Å². The molecular formula is C16H14N2O4S. The molecule has 1 amide bonds. The molecule has 0 aromatic heterocycles. The van der Waals surface area contributed by atoms with Gasteiger partial charge in [-0.05, 0) is 48.2 Å². The fourth-order valence-corrected chi connectivity index (χ4v) is 2.42. The number of nitro groups is 1. The molecule has 6 nitrogen and oxygen atoms in total. The third-order valence-corrected chi connectivity index (χ3v) is 4.07. The average molecular weight is 330 g/mol. The maximum atomic E-state index is 12.3. The van der Waals surface area contributed by atoms with Crippen molar-refractivity contribution in [2.24, 2.45) is 0 Å². The first-order valence-electron chi connectivity index (χ1n) is 6.67. The summed E-state index contributed by atoms with van der Waals surface area (Å²) in [6.45, 7) is 0. The summed E-state index contributed by atoms with van der Waals surface area (Å²) in [5.41, 5.74) is 0.774. The maximum Gasteiger partial charge on any atom is 0.285 e. The van der Waals surface area contributed by atoms with Gasteiger partial charge in [-0.2, -0.15) is 0 Å². The zero-order valence-corrected chi connectivity index (χ0v) is 13.4. The lowest BCUT2D eigenvalue weighted by molar-refractivity contribution is -0.384. The third-order valence-electron chi connectivity index (χ3n) is 3.03. The lowest BCUT2D eigenvalue weighted by Crippen LogP contribution is -2.15. The minimum Gasteiger partial charge on any atom is -0.339 e. The van der Waals surface area contributed by atoms with Crippen LogP contribution in [0.3, 0.4) is 0 Å². The molecular weight excluding hydrogens is 316 g/mol. The van der Waals surface area contributed by atoms with Crippen LogP contribution in [0.15, 0.2) is 53.4 Å².